The smallest absolute Gasteiger partial charge is 0.266 e. The van der Waals surface area contributed by atoms with Crippen LogP contribution in [0.3, 0.4) is 0 Å². The van der Waals surface area contributed by atoms with Crippen LogP contribution in [0.2, 0.25) is 0 Å². The summed E-state index contributed by atoms with van der Waals surface area (Å²) in [5.41, 5.74) is -0.126. The molecule has 0 unspecified atom stereocenters. The number of nitrogens with one attached hydrogen (secondary N) is 1. The molecule has 0 saturated heterocycles. The number of carbonyl (C=O) groups excluding carboxylic acids is 1. The standard InChI is InChI=1S/C20H13N3O4/c21-12-16(9-13-5-8-19(24)18(10-13)23(26)27)20(25)22-17-7-6-14-3-1-2-4-15(14)11-17/h1-11,24H,(H,22,25)/p-1/b16-9+. The summed E-state index contributed by atoms with van der Waals surface area (Å²) in [5.74, 6) is -1.39. The molecule has 0 spiro atoms. The molecule has 132 valence electrons. The third-order valence-corrected chi connectivity index (χ3v) is 3.86. The average molecular weight is 358 g/mol. The van der Waals surface area contributed by atoms with Gasteiger partial charge in [0.25, 0.3) is 11.6 Å². The minimum atomic E-state index is -0.805. The van der Waals surface area contributed by atoms with Crippen molar-refractivity contribution in [1.82, 2.24) is 0 Å². The van der Waals surface area contributed by atoms with E-state index < -0.39 is 22.3 Å². The maximum atomic E-state index is 12.4. The Labute approximate surface area is 153 Å². The maximum absolute atomic E-state index is 12.4. The lowest BCUT2D eigenvalue weighted by molar-refractivity contribution is -0.398. The summed E-state index contributed by atoms with van der Waals surface area (Å²) >= 11 is 0. The summed E-state index contributed by atoms with van der Waals surface area (Å²) in [6.45, 7) is 0. The molecule has 0 aliphatic rings. The molecule has 27 heavy (non-hydrogen) atoms. The number of nitrogens with zero attached hydrogens (tertiary/aromatic N) is 2. The highest BCUT2D eigenvalue weighted by atomic mass is 16.6. The minimum Gasteiger partial charge on any atom is -0.868 e. The lowest BCUT2D eigenvalue weighted by atomic mass is 10.1. The predicted molar refractivity (Wildman–Crippen MR) is 98.7 cm³/mol. The molecule has 0 heterocycles. The molecule has 7 heteroatoms. The molecule has 3 aromatic carbocycles. The second-order valence-electron chi connectivity index (χ2n) is 5.67. The summed E-state index contributed by atoms with van der Waals surface area (Å²) < 4.78 is 0. The Bertz CT molecular complexity index is 1130. The van der Waals surface area contributed by atoms with Crippen LogP contribution < -0.4 is 10.4 Å². The average Bonchev–Trinajstić information content (AvgIpc) is 2.66. The zero-order valence-corrected chi connectivity index (χ0v) is 13.9. The highest BCUT2D eigenvalue weighted by Gasteiger charge is 2.12. The molecule has 0 fully saturated rings. The van der Waals surface area contributed by atoms with Gasteiger partial charge in [-0.15, -0.1) is 0 Å². The Morgan fingerprint density at radius 2 is 1.81 bits per heavy atom. The molecule has 0 saturated carbocycles. The second kappa shape index (κ2) is 7.37. The predicted octanol–water partition coefficient (Wildman–Crippen LogP) is 3.37. The fourth-order valence-electron chi connectivity index (χ4n) is 2.55. The van der Waals surface area contributed by atoms with Gasteiger partial charge >= 0.3 is 0 Å². The van der Waals surface area contributed by atoms with Crippen molar-refractivity contribution in [3.63, 3.8) is 0 Å². The Balaban J connectivity index is 1.87. The van der Waals surface area contributed by atoms with Crippen LogP contribution in [0.15, 0.2) is 66.2 Å². The number of benzene rings is 3. The normalized spacial score (nSPS) is 11.0. The number of rotatable bonds is 4. The quantitative estimate of drug-likeness (QED) is 0.332. The minimum absolute atomic E-state index is 0.214. The van der Waals surface area contributed by atoms with E-state index in [0.29, 0.717) is 5.69 Å². The van der Waals surface area contributed by atoms with Gasteiger partial charge in [-0.3, -0.25) is 14.9 Å². The van der Waals surface area contributed by atoms with E-state index in [-0.39, 0.29) is 11.1 Å². The van der Waals surface area contributed by atoms with Crippen LogP contribution >= 0.6 is 0 Å². The molecule has 0 aromatic heterocycles. The van der Waals surface area contributed by atoms with Crippen LogP contribution in [-0.4, -0.2) is 10.8 Å². The van der Waals surface area contributed by atoms with Gasteiger partial charge in [-0.1, -0.05) is 42.5 Å². The largest absolute Gasteiger partial charge is 0.868 e. The molecule has 0 bridgehead atoms. The number of hydrogen-bond acceptors (Lipinski definition) is 5. The highest BCUT2D eigenvalue weighted by Crippen LogP contribution is 2.25. The molecule has 0 radical (unpaired) electrons. The van der Waals surface area contributed by atoms with Crippen molar-refractivity contribution in [2.24, 2.45) is 0 Å². The van der Waals surface area contributed by atoms with Gasteiger partial charge < -0.3 is 10.4 Å². The molecule has 1 amide bonds. The lowest BCUT2D eigenvalue weighted by Gasteiger charge is -2.08. The number of carbonyl (C=O) groups is 1. The van der Waals surface area contributed by atoms with E-state index in [4.69, 9.17) is 0 Å². The van der Waals surface area contributed by atoms with Gasteiger partial charge in [-0.05, 0) is 40.3 Å². The van der Waals surface area contributed by atoms with Crippen molar-refractivity contribution in [1.29, 1.82) is 5.26 Å². The van der Waals surface area contributed by atoms with Gasteiger partial charge in [0.15, 0.2) is 0 Å². The van der Waals surface area contributed by atoms with E-state index in [2.05, 4.69) is 5.32 Å². The van der Waals surface area contributed by atoms with Crippen LogP contribution in [-0.2, 0) is 4.79 Å². The number of anilines is 1. The zero-order valence-electron chi connectivity index (χ0n) is 13.9. The number of hydrogen-bond donors (Lipinski definition) is 1. The summed E-state index contributed by atoms with van der Waals surface area (Å²) in [6.07, 6.45) is 1.20. The molecule has 3 aromatic rings. The summed E-state index contributed by atoms with van der Waals surface area (Å²) in [5, 5.41) is 36.1. The monoisotopic (exact) mass is 358 g/mol. The van der Waals surface area contributed by atoms with Crippen LogP contribution in [0.5, 0.6) is 5.75 Å². The van der Waals surface area contributed by atoms with Crippen molar-refractivity contribution >= 4 is 34.1 Å². The van der Waals surface area contributed by atoms with E-state index in [1.54, 1.807) is 18.2 Å². The maximum Gasteiger partial charge on any atom is 0.266 e. The highest BCUT2D eigenvalue weighted by molar-refractivity contribution is 6.10. The van der Waals surface area contributed by atoms with Gasteiger partial charge in [0, 0.05) is 11.8 Å². The van der Waals surface area contributed by atoms with E-state index in [0.717, 1.165) is 22.9 Å². The number of nitriles is 1. The van der Waals surface area contributed by atoms with Crippen molar-refractivity contribution in [2.75, 3.05) is 5.32 Å². The SMILES string of the molecule is N#C/C(=C\c1ccc([O-])c([N+](=O)[O-])c1)C(=O)Nc1ccc2ccccc2c1. The van der Waals surface area contributed by atoms with E-state index in [1.807, 2.05) is 30.3 Å². The van der Waals surface area contributed by atoms with Crippen molar-refractivity contribution < 1.29 is 14.8 Å². The van der Waals surface area contributed by atoms with Gasteiger partial charge in [0.05, 0.1) is 4.92 Å². The summed E-state index contributed by atoms with van der Waals surface area (Å²) in [4.78, 5) is 22.4. The second-order valence-corrected chi connectivity index (χ2v) is 5.67. The Morgan fingerprint density at radius 3 is 2.52 bits per heavy atom. The fourth-order valence-corrected chi connectivity index (χ4v) is 2.55. The fraction of sp³-hybridized carbons (Fsp3) is 0. The molecule has 0 aliphatic heterocycles. The summed E-state index contributed by atoms with van der Waals surface area (Å²) in [6, 6.07) is 18.1. The van der Waals surface area contributed by atoms with Gasteiger partial charge in [-0.2, -0.15) is 5.26 Å². The molecule has 0 atom stereocenters. The first-order valence-corrected chi connectivity index (χ1v) is 7.85. The van der Waals surface area contributed by atoms with E-state index >= 15 is 0 Å². The van der Waals surface area contributed by atoms with Gasteiger partial charge in [0.2, 0.25) is 0 Å². The zero-order chi connectivity index (χ0) is 19.4. The third kappa shape index (κ3) is 3.91. The third-order valence-electron chi connectivity index (χ3n) is 3.86. The first kappa shape index (κ1) is 17.6. The molecular formula is C20H12N3O4-. The number of nitro groups is 1. The first-order valence-electron chi connectivity index (χ1n) is 7.85. The van der Waals surface area contributed by atoms with Gasteiger partial charge in [-0.25, -0.2) is 0 Å². The van der Waals surface area contributed by atoms with Crippen LogP contribution in [0.1, 0.15) is 5.56 Å². The Kier molecular flexibility index (Phi) is 4.82. The Hall–Kier alpha value is -4.18. The first-order chi connectivity index (χ1) is 13.0. The topological polar surface area (TPSA) is 119 Å². The molecular weight excluding hydrogens is 346 g/mol. The number of nitro benzene ring substituents is 1. The molecule has 3 rings (SSSR count). The van der Waals surface area contributed by atoms with Crippen LogP contribution in [0.4, 0.5) is 11.4 Å². The Morgan fingerprint density at radius 1 is 1.07 bits per heavy atom. The van der Waals surface area contributed by atoms with Crippen LogP contribution in [0, 0.1) is 21.4 Å². The van der Waals surface area contributed by atoms with E-state index in [9.17, 15) is 25.3 Å². The van der Waals surface area contributed by atoms with Crippen molar-refractivity contribution in [3.05, 3.63) is 81.9 Å². The number of amides is 1. The lowest BCUT2D eigenvalue weighted by Crippen LogP contribution is -2.13. The molecule has 1 N–H and O–H groups in total. The van der Waals surface area contributed by atoms with Crippen LogP contribution in [0.25, 0.3) is 16.8 Å². The van der Waals surface area contributed by atoms with Crippen molar-refractivity contribution in [2.45, 2.75) is 0 Å². The van der Waals surface area contributed by atoms with E-state index in [1.165, 1.54) is 12.1 Å². The molecule has 0 aliphatic carbocycles. The van der Waals surface area contributed by atoms with Gasteiger partial charge in [0.1, 0.15) is 11.6 Å². The summed E-state index contributed by atoms with van der Waals surface area (Å²) in [7, 11) is 0. The molecule has 7 nitrogen and oxygen atoms in total. The number of fused-ring (bicyclic) bond motifs is 1. The van der Waals surface area contributed by atoms with Crippen molar-refractivity contribution in [3.8, 4) is 11.8 Å².